The molecule has 1 aromatic heterocycles. The highest BCUT2D eigenvalue weighted by molar-refractivity contribution is 5.92. The topological polar surface area (TPSA) is 75.8 Å². The molecule has 0 aliphatic carbocycles. The molecule has 2 aliphatic heterocycles. The summed E-state index contributed by atoms with van der Waals surface area (Å²) >= 11 is 0. The number of aromatic nitrogens is 1. The molecule has 3 N–H and O–H groups in total. The van der Waals surface area contributed by atoms with E-state index in [4.69, 9.17) is 10.5 Å². The molecule has 6 nitrogen and oxygen atoms in total. The molecule has 2 aromatic rings. The first kappa shape index (κ1) is 19.3. The molecule has 1 unspecified atom stereocenters. The summed E-state index contributed by atoms with van der Waals surface area (Å²) in [6.45, 7) is 5.09. The molecule has 0 saturated heterocycles. The molecule has 0 amide bonds. The maximum Gasteiger partial charge on any atom is 0.190 e. The number of nitrogens with two attached hydrogens (primary N) is 1. The average molecular weight is 399 g/mol. The van der Waals surface area contributed by atoms with Crippen molar-refractivity contribution in [3.05, 3.63) is 58.4 Å². The molecule has 1 aromatic carbocycles. The Hall–Kier alpha value is -3.00. The number of fused-ring (bicyclic) bond motifs is 1. The monoisotopic (exact) mass is 399 g/mol. The van der Waals surface area contributed by atoms with E-state index >= 15 is 0 Å². The standard InChI is InChI=1S/C21H23F2N5O/c1-11-6-18(24)26-27-21(11)28-5-4-17-14(10-28)7-13(9-25-17)15-8-16(22)20(29-3)19(23)12(15)2/h6-9,21,27H,4-5,10H2,1-3H3,(H2,24,26). The van der Waals surface area contributed by atoms with E-state index in [0.29, 0.717) is 29.1 Å². The van der Waals surface area contributed by atoms with E-state index in [2.05, 4.69) is 20.4 Å². The molecule has 152 valence electrons. The first-order valence-corrected chi connectivity index (χ1v) is 9.40. The molecule has 0 fully saturated rings. The Balaban J connectivity index is 1.66. The minimum atomic E-state index is -0.729. The van der Waals surface area contributed by atoms with Crippen molar-refractivity contribution >= 4 is 5.84 Å². The first-order valence-electron chi connectivity index (χ1n) is 9.40. The fourth-order valence-electron chi connectivity index (χ4n) is 3.95. The summed E-state index contributed by atoms with van der Waals surface area (Å²) in [6.07, 6.45) is 4.27. The van der Waals surface area contributed by atoms with Gasteiger partial charge in [-0.3, -0.25) is 15.3 Å². The number of halogens is 2. The Morgan fingerprint density at radius 2 is 2.07 bits per heavy atom. The van der Waals surface area contributed by atoms with Gasteiger partial charge in [-0.05, 0) is 54.3 Å². The second-order valence-electron chi connectivity index (χ2n) is 7.39. The van der Waals surface area contributed by atoms with E-state index in [1.807, 2.05) is 19.1 Å². The molecule has 2 aliphatic rings. The highest BCUT2D eigenvalue weighted by atomic mass is 19.1. The van der Waals surface area contributed by atoms with Crippen molar-refractivity contribution in [3.8, 4) is 16.9 Å². The minimum Gasteiger partial charge on any atom is -0.491 e. The van der Waals surface area contributed by atoms with Gasteiger partial charge in [0.15, 0.2) is 17.4 Å². The van der Waals surface area contributed by atoms with Gasteiger partial charge in [0.05, 0.1) is 7.11 Å². The lowest BCUT2D eigenvalue weighted by Crippen LogP contribution is -2.49. The van der Waals surface area contributed by atoms with Crippen LogP contribution in [-0.2, 0) is 13.0 Å². The van der Waals surface area contributed by atoms with Crippen LogP contribution in [0.25, 0.3) is 11.1 Å². The van der Waals surface area contributed by atoms with Gasteiger partial charge in [-0.15, -0.1) is 0 Å². The molecule has 29 heavy (non-hydrogen) atoms. The first-order chi connectivity index (χ1) is 13.9. The molecule has 0 saturated carbocycles. The maximum absolute atomic E-state index is 14.5. The third-order valence-corrected chi connectivity index (χ3v) is 5.49. The Morgan fingerprint density at radius 1 is 1.28 bits per heavy atom. The Labute approximate surface area is 168 Å². The van der Waals surface area contributed by atoms with Gasteiger partial charge in [0.25, 0.3) is 0 Å². The smallest absolute Gasteiger partial charge is 0.190 e. The largest absolute Gasteiger partial charge is 0.491 e. The summed E-state index contributed by atoms with van der Waals surface area (Å²) in [5.74, 6) is -1.33. The van der Waals surface area contributed by atoms with Crippen molar-refractivity contribution in [3.63, 3.8) is 0 Å². The quantitative estimate of drug-likeness (QED) is 0.830. The number of ether oxygens (including phenoxy) is 1. The number of hydrogen-bond donors (Lipinski definition) is 2. The number of benzene rings is 1. The second kappa shape index (κ2) is 7.44. The normalized spacial score (nSPS) is 19.1. The lowest BCUT2D eigenvalue weighted by molar-refractivity contribution is 0.172. The van der Waals surface area contributed by atoms with Crippen LogP contribution < -0.4 is 15.9 Å². The van der Waals surface area contributed by atoms with Gasteiger partial charge in [0.2, 0.25) is 0 Å². The van der Waals surface area contributed by atoms with Gasteiger partial charge in [0, 0.05) is 37.0 Å². The number of pyridine rings is 1. The number of nitrogens with zero attached hydrogens (tertiary/aromatic N) is 3. The van der Waals surface area contributed by atoms with Crippen molar-refractivity contribution in [2.75, 3.05) is 13.7 Å². The lowest BCUT2D eigenvalue weighted by Gasteiger charge is -2.36. The summed E-state index contributed by atoms with van der Waals surface area (Å²) < 4.78 is 33.6. The van der Waals surface area contributed by atoms with Crippen LogP contribution in [0, 0.1) is 18.6 Å². The summed E-state index contributed by atoms with van der Waals surface area (Å²) in [6, 6.07) is 3.26. The molecular weight excluding hydrogens is 376 g/mol. The maximum atomic E-state index is 14.5. The van der Waals surface area contributed by atoms with E-state index in [1.165, 1.54) is 13.2 Å². The Bertz CT molecular complexity index is 1030. The molecule has 8 heteroatoms. The molecule has 0 spiro atoms. The zero-order valence-electron chi connectivity index (χ0n) is 16.6. The van der Waals surface area contributed by atoms with Crippen molar-refractivity contribution in [2.24, 2.45) is 10.8 Å². The highest BCUT2D eigenvalue weighted by Crippen LogP contribution is 2.34. The van der Waals surface area contributed by atoms with Crippen LogP contribution in [0.3, 0.4) is 0 Å². The number of rotatable bonds is 3. The fourth-order valence-corrected chi connectivity index (χ4v) is 3.95. The van der Waals surface area contributed by atoms with Crippen LogP contribution in [0.5, 0.6) is 5.75 Å². The van der Waals surface area contributed by atoms with Crippen LogP contribution in [0.1, 0.15) is 23.7 Å². The molecule has 4 rings (SSSR count). The van der Waals surface area contributed by atoms with E-state index in [9.17, 15) is 8.78 Å². The van der Waals surface area contributed by atoms with Crippen LogP contribution in [0.2, 0.25) is 0 Å². The van der Waals surface area contributed by atoms with Crippen molar-refractivity contribution in [2.45, 2.75) is 33.0 Å². The molecule has 0 bridgehead atoms. The second-order valence-corrected chi connectivity index (χ2v) is 7.39. The Kier molecular flexibility index (Phi) is 4.96. The minimum absolute atomic E-state index is 0.0447. The van der Waals surface area contributed by atoms with Crippen molar-refractivity contribution < 1.29 is 13.5 Å². The van der Waals surface area contributed by atoms with Gasteiger partial charge >= 0.3 is 0 Å². The molecule has 1 atom stereocenters. The van der Waals surface area contributed by atoms with Crippen molar-refractivity contribution in [1.29, 1.82) is 0 Å². The van der Waals surface area contributed by atoms with Crippen LogP contribution in [-0.4, -0.2) is 35.5 Å². The van der Waals surface area contributed by atoms with Gasteiger partial charge in [0.1, 0.15) is 12.0 Å². The molecule has 3 heterocycles. The van der Waals surface area contributed by atoms with Gasteiger partial charge in [-0.2, -0.15) is 5.10 Å². The summed E-state index contributed by atoms with van der Waals surface area (Å²) in [7, 11) is 1.25. The van der Waals surface area contributed by atoms with E-state index in [1.54, 1.807) is 13.1 Å². The van der Waals surface area contributed by atoms with E-state index in [-0.39, 0.29) is 11.9 Å². The van der Waals surface area contributed by atoms with Gasteiger partial charge < -0.3 is 10.5 Å². The summed E-state index contributed by atoms with van der Waals surface area (Å²) in [5, 5.41) is 4.12. The summed E-state index contributed by atoms with van der Waals surface area (Å²) in [5.41, 5.74) is 13.4. The van der Waals surface area contributed by atoms with E-state index in [0.717, 1.165) is 29.8 Å². The molecule has 0 radical (unpaired) electrons. The molecular formula is C21H23F2N5O. The van der Waals surface area contributed by atoms with Gasteiger partial charge in [-0.1, -0.05) is 0 Å². The highest BCUT2D eigenvalue weighted by Gasteiger charge is 2.27. The zero-order valence-corrected chi connectivity index (χ0v) is 16.6. The lowest BCUT2D eigenvalue weighted by atomic mass is 9.96. The predicted octanol–water partition coefficient (Wildman–Crippen LogP) is 2.85. The number of hydrazone groups is 1. The summed E-state index contributed by atoms with van der Waals surface area (Å²) in [4.78, 5) is 6.81. The number of amidine groups is 1. The van der Waals surface area contributed by atoms with Crippen LogP contribution in [0.15, 0.2) is 35.1 Å². The fraction of sp³-hybridized carbons (Fsp3) is 0.333. The predicted molar refractivity (Wildman–Crippen MR) is 107 cm³/mol. The number of nitrogens with one attached hydrogen (secondary N) is 1. The van der Waals surface area contributed by atoms with Crippen molar-refractivity contribution in [1.82, 2.24) is 15.3 Å². The third-order valence-electron chi connectivity index (χ3n) is 5.49. The van der Waals surface area contributed by atoms with Crippen LogP contribution in [0.4, 0.5) is 8.78 Å². The van der Waals surface area contributed by atoms with E-state index < -0.39 is 11.6 Å². The number of hydrogen-bond acceptors (Lipinski definition) is 6. The third kappa shape index (κ3) is 3.44. The van der Waals surface area contributed by atoms with Crippen LogP contribution >= 0.6 is 0 Å². The Morgan fingerprint density at radius 3 is 2.79 bits per heavy atom. The zero-order chi connectivity index (χ0) is 20.7. The average Bonchev–Trinajstić information content (AvgIpc) is 2.70. The number of methoxy groups -OCH3 is 1. The SMILES string of the molecule is COc1c(F)cc(-c2cnc3c(c2)CN(C2NN=C(N)C=C2C)CC3)c(C)c1F. The van der Waals surface area contributed by atoms with Gasteiger partial charge in [-0.25, -0.2) is 8.78 Å².